The van der Waals surface area contributed by atoms with Crippen molar-refractivity contribution in [3.8, 4) is 33.6 Å². The van der Waals surface area contributed by atoms with Gasteiger partial charge in [-0.05, 0) is 86.5 Å². The molecule has 8 rings (SSSR count). The molecule has 0 spiro atoms. The maximum atomic E-state index is 13.9. The molecule has 4 aliphatic rings. The number of aromatic amines is 2. The van der Waals surface area contributed by atoms with E-state index in [4.69, 9.17) is 19.4 Å². The number of carbonyl (C=O) groups is 3. The third kappa shape index (κ3) is 7.24. The van der Waals surface area contributed by atoms with Crippen molar-refractivity contribution in [2.45, 2.75) is 70.9 Å². The number of imidazole rings is 2. The number of ether oxygens (including phenoxy) is 2. The monoisotopic (exact) mass is 788 g/mol. The minimum atomic E-state index is -1.29. The molecule has 0 saturated heterocycles. The van der Waals surface area contributed by atoms with Crippen molar-refractivity contribution < 1.29 is 29.0 Å². The Morgan fingerprint density at radius 1 is 0.672 bits per heavy atom. The number of aliphatic hydroxyl groups is 1. The van der Waals surface area contributed by atoms with Crippen LogP contribution in [0.3, 0.4) is 0 Å². The first-order valence-corrected chi connectivity index (χ1v) is 20.1. The molecule has 58 heavy (non-hydrogen) atoms. The van der Waals surface area contributed by atoms with Crippen LogP contribution in [-0.4, -0.2) is 85.7 Å². The summed E-state index contributed by atoms with van der Waals surface area (Å²) < 4.78 is 9.76. The number of amides is 3. The Bertz CT molecular complexity index is 2190. The summed E-state index contributed by atoms with van der Waals surface area (Å²) in [6.45, 7) is 7.53. The summed E-state index contributed by atoms with van der Waals surface area (Å²) in [5.41, 5.74) is 11.3. The average molecular weight is 789 g/mol. The second-order valence-electron chi connectivity index (χ2n) is 16.4. The summed E-state index contributed by atoms with van der Waals surface area (Å²) in [5.74, 6) is 0.955. The number of rotatable bonds is 12. The first-order valence-electron chi connectivity index (χ1n) is 20.1. The van der Waals surface area contributed by atoms with Crippen molar-refractivity contribution in [3.63, 3.8) is 0 Å². The molecule has 0 aliphatic heterocycles. The van der Waals surface area contributed by atoms with E-state index in [1.54, 1.807) is 0 Å². The summed E-state index contributed by atoms with van der Waals surface area (Å²) in [6, 6.07) is 16.2. The van der Waals surface area contributed by atoms with E-state index >= 15 is 0 Å². The van der Waals surface area contributed by atoms with Crippen molar-refractivity contribution in [2.75, 3.05) is 14.2 Å². The molecule has 304 valence electrons. The number of carbonyl (C=O) groups excluding carboxylic acids is 3. The van der Waals surface area contributed by atoms with Gasteiger partial charge in [-0.1, -0.05) is 72.8 Å². The van der Waals surface area contributed by atoms with E-state index in [1.807, 2.05) is 40.1 Å². The minimum Gasteiger partial charge on any atom is -0.452 e. The van der Waals surface area contributed by atoms with Crippen LogP contribution in [0.25, 0.3) is 33.6 Å². The second kappa shape index (κ2) is 16.0. The molecule has 9 unspecified atom stereocenters. The van der Waals surface area contributed by atoms with Gasteiger partial charge in [-0.3, -0.25) is 14.6 Å². The Labute approximate surface area is 338 Å². The van der Waals surface area contributed by atoms with Crippen LogP contribution in [0.2, 0.25) is 0 Å². The minimum absolute atomic E-state index is 0.0716. The molecule has 2 saturated carbocycles. The molecular formula is C44H52N8O6. The van der Waals surface area contributed by atoms with Gasteiger partial charge in [0.15, 0.2) is 0 Å². The molecule has 4 bridgehead atoms. The van der Waals surface area contributed by atoms with Gasteiger partial charge in [0.05, 0.1) is 42.7 Å². The van der Waals surface area contributed by atoms with Crippen LogP contribution in [0.4, 0.5) is 4.79 Å². The number of allylic oxidation sites excluding steroid dienone is 4. The zero-order valence-electron chi connectivity index (χ0n) is 33.6. The molecule has 14 nitrogen and oxygen atoms in total. The number of hydrazine groups is 2. The molecule has 4 aromatic rings. The number of nitrogens with zero attached hydrogens (tertiary/aromatic N) is 4. The fourth-order valence-electron chi connectivity index (χ4n) is 9.60. The van der Waals surface area contributed by atoms with Crippen molar-refractivity contribution >= 4 is 17.9 Å². The largest absolute Gasteiger partial charge is 0.452 e. The van der Waals surface area contributed by atoms with Crippen LogP contribution in [0, 0.1) is 35.5 Å². The van der Waals surface area contributed by atoms with Gasteiger partial charge in [0, 0.05) is 31.0 Å². The normalized spacial score (nSPS) is 25.8. The smallest absolute Gasteiger partial charge is 0.425 e. The van der Waals surface area contributed by atoms with E-state index in [1.165, 1.54) is 24.2 Å². The summed E-state index contributed by atoms with van der Waals surface area (Å²) >= 11 is 0. The molecule has 5 N–H and O–H groups in total. The van der Waals surface area contributed by atoms with Crippen molar-refractivity contribution in [3.05, 3.63) is 96.9 Å². The van der Waals surface area contributed by atoms with Gasteiger partial charge in [-0.15, -0.1) is 0 Å². The lowest BCUT2D eigenvalue weighted by molar-refractivity contribution is -0.169. The van der Waals surface area contributed by atoms with Crippen LogP contribution >= 0.6 is 0 Å². The van der Waals surface area contributed by atoms with E-state index in [0.29, 0.717) is 0 Å². The number of fused-ring (bicyclic) bond motifs is 4. The van der Waals surface area contributed by atoms with E-state index in [0.717, 1.165) is 58.1 Å². The first-order chi connectivity index (χ1) is 27.9. The highest BCUT2D eigenvalue weighted by atomic mass is 16.6. The number of H-pyrrole nitrogens is 2. The Kier molecular flexibility index (Phi) is 10.8. The van der Waals surface area contributed by atoms with Crippen molar-refractivity contribution in [2.24, 2.45) is 35.5 Å². The van der Waals surface area contributed by atoms with Crippen LogP contribution in [0.5, 0.6) is 0 Å². The molecule has 14 heteroatoms. The molecule has 2 aromatic heterocycles. The summed E-state index contributed by atoms with van der Waals surface area (Å²) in [7, 11) is 2.66. The Morgan fingerprint density at radius 2 is 1.09 bits per heavy atom. The molecule has 2 aromatic carbocycles. The van der Waals surface area contributed by atoms with Crippen LogP contribution in [0.1, 0.15) is 64.0 Å². The van der Waals surface area contributed by atoms with Crippen LogP contribution in [-0.2, 0) is 19.1 Å². The Balaban J connectivity index is 0.953. The van der Waals surface area contributed by atoms with Gasteiger partial charge in [0.2, 0.25) is 18.2 Å². The first kappa shape index (κ1) is 39.3. The molecule has 3 amide bonds. The van der Waals surface area contributed by atoms with Gasteiger partial charge in [-0.2, -0.15) is 5.43 Å². The third-order valence-corrected chi connectivity index (χ3v) is 12.4. The highest BCUT2D eigenvalue weighted by molar-refractivity contribution is 5.84. The maximum absolute atomic E-state index is 13.9. The highest BCUT2D eigenvalue weighted by Crippen LogP contribution is 2.54. The van der Waals surface area contributed by atoms with Crippen LogP contribution < -0.4 is 10.9 Å². The topological polar surface area (TPSA) is 178 Å². The predicted molar refractivity (Wildman–Crippen MR) is 217 cm³/mol. The summed E-state index contributed by atoms with van der Waals surface area (Å²) in [5, 5.41) is 13.0. The lowest BCUT2D eigenvalue weighted by atomic mass is 9.81. The van der Waals surface area contributed by atoms with Gasteiger partial charge in [-0.25, -0.2) is 25.2 Å². The molecule has 0 radical (unpaired) electrons. The SMILES string of the molecule is COC(=O)NN(C(=O)C1C2C=CC(C2)C1c1ncc(-c2ccc(-c3ccc(-c4cnc(C5C6C=CC(C6)C5C(=O)N(NC(O)OC)C(C)C)[nH]4)cc3)cc2)[nH]1)C(C)C. The highest BCUT2D eigenvalue weighted by Gasteiger charge is 2.53. The van der Waals surface area contributed by atoms with E-state index in [2.05, 4.69) is 93.7 Å². The van der Waals surface area contributed by atoms with E-state index < -0.39 is 12.5 Å². The van der Waals surface area contributed by atoms with Gasteiger partial charge in [0.1, 0.15) is 11.6 Å². The van der Waals surface area contributed by atoms with E-state index in [9.17, 15) is 19.5 Å². The number of hydrogen-bond donors (Lipinski definition) is 5. The van der Waals surface area contributed by atoms with E-state index in [-0.39, 0.29) is 71.2 Å². The zero-order valence-corrected chi connectivity index (χ0v) is 33.6. The molecular weight excluding hydrogens is 737 g/mol. The summed E-state index contributed by atoms with van der Waals surface area (Å²) in [6.07, 6.45) is 12.1. The number of aliphatic hydroxyl groups excluding tert-OH is 1. The molecule has 9 atom stereocenters. The lowest BCUT2D eigenvalue weighted by Crippen LogP contribution is -2.55. The third-order valence-electron chi connectivity index (χ3n) is 12.4. The Hall–Kier alpha value is -5.57. The van der Waals surface area contributed by atoms with Crippen LogP contribution in [0.15, 0.2) is 85.2 Å². The van der Waals surface area contributed by atoms with Gasteiger partial charge in [0.25, 0.3) is 0 Å². The molecule has 2 heterocycles. The lowest BCUT2D eigenvalue weighted by Gasteiger charge is -2.35. The van der Waals surface area contributed by atoms with Crippen molar-refractivity contribution in [1.82, 2.24) is 40.8 Å². The number of aromatic nitrogens is 4. The predicted octanol–water partition coefficient (Wildman–Crippen LogP) is 6.12. The molecule has 4 aliphatic carbocycles. The second-order valence-corrected chi connectivity index (χ2v) is 16.4. The zero-order chi connectivity index (χ0) is 40.8. The van der Waals surface area contributed by atoms with Gasteiger partial charge >= 0.3 is 6.09 Å². The fraction of sp³-hybridized carbons (Fsp3) is 0.432. The quantitative estimate of drug-likeness (QED) is 0.0643. The fourth-order valence-corrected chi connectivity index (χ4v) is 9.60. The molecule has 2 fully saturated rings. The number of hydrogen-bond acceptors (Lipinski definition) is 9. The number of benzene rings is 2. The number of methoxy groups -OCH3 is 2. The summed E-state index contributed by atoms with van der Waals surface area (Å²) in [4.78, 5) is 56.6. The van der Waals surface area contributed by atoms with Gasteiger partial charge < -0.3 is 24.5 Å². The van der Waals surface area contributed by atoms with Crippen molar-refractivity contribution in [1.29, 1.82) is 0 Å². The Morgan fingerprint density at radius 3 is 1.50 bits per heavy atom. The number of nitrogens with one attached hydrogen (secondary N) is 4. The standard InChI is InChI=1S/C44H52N8O6/c1-23(2)51(49-43(55)57-5)41(53)37-31-17-15-29(19-31)35(37)39-45-21-33(47-39)27-11-7-25(8-12-27)26-9-13-28(14-10-26)34-22-46-40(48-34)36-30-16-18-32(20-30)38(36)42(54)52(24(3)4)50-44(56)58-6/h7-18,21-24,29-32,35-38,43,49,55H,19-20H2,1-6H3,(H,45,47)(H,46,48)(H,50,56). The maximum Gasteiger partial charge on any atom is 0.425 e. The average Bonchev–Trinajstić information content (AvgIpc) is 4.10.